The van der Waals surface area contributed by atoms with Crippen LogP contribution in [0.15, 0.2) is 59.5 Å². The fourth-order valence-corrected chi connectivity index (χ4v) is 5.32. The number of anilines is 1. The minimum absolute atomic E-state index is 0.0927. The summed E-state index contributed by atoms with van der Waals surface area (Å²) in [6.45, 7) is 3.85. The number of para-hydroxylation sites is 1. The summed E-state index contributed by atoms with van der Waals surface area (Å²) in [6.07, 6.45) is 0.679. The van der Waals surface area contributed by atoms with E-state index in [0.29, 0.717) is 17.9 Å². The number of benzene rings is 2. The average molecular weight is 479 g/mol. The zero-order valence-electron chi connectivity index (χ0n) is 18.1. The predicted molar refractivity (Wildman–Crippen MR) is 123 cm³/mol. The Labute approximate surface area is 194 Å². The Bertz CT molecular complexity index is 1030. The molecule has 9 heteroatoms. The molecule has 0 atom stereocenters. The number of esters is 1. The van der Waals surface area contributed by atoms with Gasteiger partial charge in [-0.05, 0) is 63.1 Å². The van der Waals surface area contributed by atoms with Crippen molar-refractivity contribution in [3.8, 4) is 0 Å². The van der Waals surface area contributed by atoms with Crippen molar-refractivity contribution >= 4 is 39.2 Å². The molecule has 0 spiro atoms. The van der Waals surface area contributed by atoms with Crippen LogP contribution in [0, 0.1) is 5.92 Å². The van der Waals surface area contributed by atoms with Gasteiger partial charge in [0, 0.05) is 29.8 Å². The van der Waals surface area contributed by atoms with Crippen LogP contribution in [0.2, 0.25) is 5.02 Å². The van der Waals surface area contributed by atoms with Crippen molar-refractivity contribution < 1.29 is 22.7 Å². The first-order valence-corrected chi connectivity index (χ1v) is 12.3. The molecule has 0 saturated carbocycles. The van der Waals surface area contributed by atoms with Crippen molar-refractivity contribution in [1.29, 1.82) is 0 Å². The fraction of sp³-hybridized carbons (Fsp3) is 0.391. The summed E-state index contributed by atoms with van der Waals surface area (Å²) in [5.74, 6) is -1.22. The number of carbonyl (C=O) groups is 2. The minimum atomic E-state index is -3.64. The van der Waals surface area contributed by atoms with E-state index in [9.17, 15) is 18.0 Å². The standard InChI is InChI=1S/C23H27ClN2O5S/c1-17(2)26(20-6-4-3-5-7-20)22(27)16-31-23(28)18-12-14-25(15-13-18)32(29,30)21-10-8-19(24)9-11-21/h3-11,17-18H,12-16H2,1-2H3. The van der Waals surface area contributed by atoms with Crippen LogP contribution in [0.1, 0.15) is 26.7 Å². The molecule has 0 radical (unpaired) electrons. The molecule has 7 nitrogen and oxygen atoms in total. The summed E-state index contributed by atoms with van der Waals surface area (Å²) in [7, 11) is -3.64. The molecular formula is C23H27ClN2O5S. The van der Waals surface area contributed by atoms with E-state index in [0.717, 1.165) is 5.69 Å². The van der Waals surface area contributed by atoms with Gasteiger partial charge in [-0.2, -0.15) is 4.31 Å². The van der Waals surface area contributed by atoms with E-state index in [-0.39, 0.29) is 36.5 Å². The highest BCUT2D eigenvalue weighted by molar-refractivity contribution is 7.89. The number of ether oxygens (including phenoxy) is 1. The van der Waals surface area contributed by atoms with Crippen LogP contribution in [-0.2, 0) is 24.3 Å². The van der Waals surface area contributed by atoms with Crippen molar-refractivity contribution in [2.24, 2.45) is 5.92 Å². The molecule has 1 saturated heterocycles. The Morgan fingerprint density at radius 1 is 1.06 bits per heavy atom. The maximum atomic E-state index is 12.8. The number of amides is 1. The molecule has 32 heavy (non-hydrogen) atoms. The monoisotopic (exact) mass is 478 g/mol. The van der Waals surface area contributed by atoms with Crippen LogP contribution in [0.25, 0.3) is 0 Å². The van der Waals surface area contributed by atoms with Crippen LogP contribution in [0.4, 0.5) is 5.69 Å². The van der Waals surface area contributed by atoms with E-state index < -0.39 is 21.9 Å². The summed E-state index contributed by atoms with van der Waals surface area (Å²) >= 11 is 5.84. The summed E-state index contributed by atoms with van der Waals surface area (Å²) in [5.41, 5.74) is 0.740. The summed E-state index contributed by atoms with van der Waals surface area (Å²) in [4.78, 5) is 27.0. The maximum absolute atomic E-state index is 12.8. The van der Waals surface area contributed by atoms with Gasteiger partial charge in [0.1, 0.15) is 0 Å². The van der Waals surface area contributed by atoms with E-state index in [4.69, 9.17) is 16.3 Å². The number of rotatable bonds is 7. The van der Waals surface area contributed by atoms with E-state index in [1.165, 1.54) is 28.6 Å². The zero-order chi connectivity index (χ0) is 23.3. The number of piperidine rings is 1. The van der Waals surface area contributed by atoms with Crippen LogP contribution < -0.4 is 4.90 Å². The summed E-state index contributed by atoms with van der Waals surface area (Å²) < 4.78 is 32.2. The third kappa shape index (κ3) is 5.68. The Morgan fingerprint density at radius 2 is 1.66 bits per heavy atom. The van der Waals surface area contributed by atoms with Gasteiger partial charge in [-0.25, -0.2) is 8.42 Å². The molecule has 0 aliphatic carbocycles. The van der Waals surface area contributed by atoms with Crippen LogP contribution in [0.5, 0.6) is 0 Å². The number of sulfonamides is 1. The molecule has 1 heterocycles. The summed E-state index contributed by atoms with van der Waals surface area (Å²) in [5, 5.41) is 0.461. The minimum Gasteiger partial charge on any atom is -0.455 e. The normalized spacial score (nSPS) is 15.5. The van der Waals surface area contributed by atoms with Gasteiger partial charge in [-0.3, -0.25) is 9.59 Å². The third-order valence-corrected chi connectivity index (χ3v) is 7.56. The molecule has 0 bridgehead atoms. The first-order chi connectivity index (χ1) is 15.2. The van der Waals surface area contributed by atoms with Crippen LogP contribution in [-0.4, -0.2) is 50.3 Å². The number of nitrogens with zero attached hydrogens (tertiary/aromatic N) is 2. The average Bonchev–Trinajstić information content (AvgIpc) is 2.78. The Morgan fingerprint density at radius 3 is 2.22 bits per heavy atom. The highest BCUT2D eigenvalue weighted by Gasteiger charge is 2.33. The highest BCUT2D eigenvalue weighted by Crippen LogP contribution is 2.25. The lowest BCUT2D eigenvalue weighted by Gasteiger charge is -2.30. The number of carbonyl (C=O) groups excluding carboxylic acids is 2. The Kier molecular flexibility index (Phi) is 7.92. The van der Waals surface area contributed by atoms with Gasteiger partial charge in [0.25, 0.3) is 5.91 Å². The SMILES string of the molecule is CC(C)N(C(=O)COC(=O)C1CCN(S(=O)(=O)c2ccc(Cl)cc2)CC1)c1ccccc1. The van der Waals surface area contributed by atoms with Crippen molar-refractivity contribution in [3.05, 3.63) is 59.6 Å². The molecule has 1 aliphatic heterocycles. The number of halogens is 1. The molecule has 1 amide bonds. The lowest BCUT2D eigenvalue weighted by Crippen LogP contribution is -2.42. The first kappa shape index (κ1) is 24.2. The van der Waals surface area contributed by atoms with Gasteiger partial charge in [-0.1, -0.05) is 29.8 Å². The molecule has 2 aromatic carbocycles. The van der Waals surface area contributed by atoms with E-state index >= 15 is 0 Å². The van der Waals surface area contributed by atoms with E-state index in [2.05, 4.69) is 0 Å². The second-order valence-electron chi connectivity index (χ2n) is 7.93. The smallest absolute Gasteiger partial charge is 0.309 e. The molecule has 0 unspecified atom stereocenters. The van der Waals surface area contributed by atoms with Crippen molar-refractivity contribution in [2.45, 2.75) is 37.6 Å². The topological polar surface area (TPSA) is 84.0 Å². The van der Waals surface area contributed by atoms with Gasteiger partial charge < -0.3 is 9.64 Å². The molecule has 0 N–H and O–H groups in total. The highest BCUT2D eigenvalue weighted by atomic mass is 35.5. The van der Waals surface area contributed by atoms with E-state index in [1.807, 2.05) is 44.2 Å². The second kappa shape index (κ2) is 10.5. The molecular weight excluding hydrogens is 452 g/mol. The van der Waals surface area contributed by atoms with Gasteiger partial charge in [-0.15, -0.1) is 0 Å². The molecule has 2 aromatic rings. The third-order valence-electron chi connectivity index (χ3n) is 5.40. The molecule has 1 aliphatic rings. The maximum Gasteiger partial charge on any atom is 0.309 e. The van der Waals surface area contributed by atoms with Crippen molar-refractivity contribution in [3.63, 3.8) is 0 Å². The lowest BCUT2D eigenvalue weighted by molar-refractivity contribution is -0.153. The first-order valence-electron chi connectivity index (χ1n) is 10.5. The van der Waals surface area contributed by atoms with Gasteiger partial charge in [0.15, 0.2) is 6.61 Å². The van der Waals surface area contributed by atoms with Gasteiger partial charge in [0.05, 0.1) is 10.8 Å². The van der Waals surface area contributed by atoms with Gasteiger partial charge in [0.2, 0.25) is 10.0 Å². The Hall–Kier alpha value is -2.42. The fourth-order valence-electron chi connectivity index (χ4n) is 3.73. The molecule has 0 aromatic heterocycles. The summed E-state index contributed by atoms with van der Waals surface area (Å²) in [6, 6.07) is 15.1. The zero-order valence-corrected chi connectivity index (χ0v) is 19.7. The predicted octanol–water partition coefficient (Wildman–Crippen LogP) is 3.73. The van der Waals surface area contributed by atoms with Gasteiger partial charge >= 0.3 is 5.97 Å². The quantitative estimate of drug-likeness (QED) is 0.566. The largest absolute Gasteiger partial charge is 0.455 e. The Balaban J connectivity index is 1.54. The lowest BCUT2D eigenvalue weighted by atomic mass is 9.98. The number of hydrogen-bond donors (Lipinski definition) is 0. The van der Waals surface area contributed by atoms with Crippen molar-refractivity contribution in [1.82, 2.24) is 4.31 Å². The van der Waals surface area contributed by atoms with Crippen LogP contribution >= 0.6 is 11.6 Å². The number of hydrogen-bond acceptors (Lipinski definition) is 5. The van der Waals surface area contributed by atoms with Crippen LogP contribution in [0.3, 0.4) is 0 Å². The molecule has 172 valence electrons. The second-order valence-corrected chi connectivity index (χ2v) is 10.3. The molecule has 1 fully saturated rings. The van der Waals surface area contributed by atoms with E-state index in [1.54, 1.807) is 4.90 Å². The van der Waals surface area contributed by atoms with Crippen molar-refractivity contribution in [2.75, 3.05) is 24.6 Å². The molecule has 3 rings (SSSR count).